The van der Waals surface area contributed by atoms with E-state index in [2.05, 4.69) is 5.32 Å². The highest BCUT2D eigenvalue weighted by Gasteiger charge is 2.46. The lowest BCUT2D eigenvalue weighted by atomic mass is 9.98. The summed E-state index contributed by atoms with van der Waals surface area (Å²) >= 11 is 0. The Morgan fingerprint density at radius 3 is 2.20 bits per heavy atom. The van der Waals surface area contributed by atoms with Crippen molar-refractivity contribution in [1.82, 2.24) is 5.32 Å². The minimum absolute atomic E-state index is 0.0806. The van der Waals surface area contributed by atoms with Crippen LogP contribution in [0.25, 0.3) is 0 Å². The smallest absolute Gasteiger partial charge is 0.187 e. The van der Waals surface area contributed by atoms with E-state index in [0.717, 1.165) is 5.56 Å². The Bertz CT molecular complexity index is 606. The molecule has 1 aliphatic rings. The first-order chi connectivity index (χ1) is 14.3. The molecule has 1 aromatic rings. The fraction of sp³-hybridized carbons (Fsp3) is 0.684. The van der Waals surface area contributed by atoms with Crippen LogP contribution in [0.1, 0.15) is 5.56 Å². The highest BCUT2D eigenvalue weighted by molar-refractivity contribution is 5.14. The van der Waals surface area contributed by atoms with Crippen LogP contribution in [0.2, 0.25) is 0 Å². The number of rotatable bonds is 11. The molecular weight excluding hydrogens is 402 g/mol. The molecule has 1 aromatic carbocycles. The zero-order valence-corrected chi connectivity index (χ0v) is 16.3. The lowest BCUT2D eigenvalue weighted by molar-refractivity contribution is -0.327. The summed E-state index contributed by atoms with van der Waals surface area (Å²) in [4.78, 5) is 0. The topological polar surface area (TPSA) is 192 Å². The molecular formula is C19H31NO10. The van der Waals surface area contributed by atoms with Crippen LogP contribution in [0.3, 0.4) is 0 Å². The van der Waals surface area contributed by atoms with Crippen molar-refractivity contribution in [2.24, 2.45) is 0 Å². The molecule has 11 nitrogen and oxygen atoms in total. The van der Waals surface area contributed by atoms with Crippen molar-refractivity contribution in [2.75, 3.05) is 19.8 Å². The maximum Gasteiger partial charge on any atom is 0.187 e. The Hall–Kier alpha value is -1.22. The van der Waals surface area contributed by atoms with Gasteiger partial charge < -0.3 is 55.6 Å². The molecule has 1 saturated heterocycles. The van der Waals surface area contributed by atoms with Crippen molar-refractivity contribution >= 4 is 0 Å². The van der Waals surface area contributed by atoms with Crippen molar-refractivity contribution < 1.29 is 50.3 Å². The highest BCUT2D eigenvalue weighted by Crippen LogP contribution is 2.25. The molecule has 2 rings (SSSR count). The van der Waals surface area contributed by atoms with Gasteiger partial charge in [-0.05, 0) is 5.56 Å². The van der Waals surface area contributed by atoms with Gasteiger partial charge in [-0.2, -0.15) is 0 Å². The van der Waals surface area contributed by atoms with Crippen molar-refractivity contribution in [2.45, 2.75) is 61.7 Å². The van der Waals surface area contributed by atoms with Gasteiger partial charge in [-0.3, -0.25) is 0 Å². The molecule has 9 N–H and O–H groups in total. The van der Waals surface area contributed by atoms with E-state index in [4.69, 9.17) is 9.47 Å². The molecule has 4 unspecified atom stereocenters. The largest absolute Gasteiger partial charge is 0.394 e. The lowest BCUT2D eigenvalue weighted by Crippen LogP contribution is -2.61. The van der Waals surface area contributed by atoms with Gasteiger partial charge in [-0.15, -0.1) is 0 Å². The average molecular weight is 433 g/mol. The maximum absolute atomic E-state index is 10.4. The van der Waals surface area contributed by atoms with Crippen LogP contribution in [0.5, 0.6) is 0 Å². The molecule has 11 heteroatoms. The van der Waals surface area contributed by atoms with Gasteiger partial charge in [0.2, 0.25) is 0 Å². The minimum atomic E-state index is -1.77. The van der Waals surface area contributed by atoms with E-state index in [1.165, 1.54) is 0 Å². The van der Waals surface area contributed by atoms with E-state index in [1.807, 2.05) is 30.3 Å². The number of nitrogens with one attached hydrogen (secondary N) is 1. The molecule has 1 aliphatic heterocycles. The van der Waals surface area contributed by atoms with Crippen LogP contribution >= 0.6 is 0 Å². The van der Waals surface area contributed by atoms with E-state index in [9.17, 15) is 40.9 Å². The summed E-state index contributed by atoms with van der Waals surface area (Å²) < 4.78 is 10.5. The molecule has 0 aliphatic carbocycles. The zero-order chi connectivity index (χ0) is 22.3. The summed E-state index contributed by atoms with van der Waals surface area (Å²) in [6.07, 6.45) is -14.4. The second-order valence-electron chi connectivity index (χ2n) is 7.22. The van der Waals surface area contributed by atoms with Crippen molar-refractivity contribution in [3.05, 3.63) is 35.9 Å². The SMILES string of the molecule is OCC(O)C(O[C@@H]1O[C@H](CO)[C@@H](O)[C@H](O)[C@H]1O)C(O)C(O)CNCc1ccccc1. The van der Waals surface area contributed by atoms with Crippen molar-refractivity contribution in [3.63, 3.8) is 0 Å². The molecule has 0 spiro atoms. The Balaban J connectivity index is 1.99. The molecule has 30 heavy (non-hydrogen) atoms. The van der Waals surface area contributed by atoms with E-state index in [1.54, 1.807) is 0 Å². The van der Waals surface area contributed by atoms with E-state index in [0.29, 0.717) is 6.54 Å². The summed E-state index contributed by atoms with van der Waals surface area (Å²) in [5.41, 5.74) is 0.948. The summed E-state index contributed by atoms with van der Waals surface area (Å²) in [5, 5.41) is 82.0. The third-order valence-corrected chi connectivity index (χ3v) is 4.96. The van der Waals surface area contributed by atoms with Crippen LogP contribution in [-0.4, -0.2) is 116 Å². The van der Waals surface area contributed by atoms with Gasteiger partial charge in [-0.1, -0.05) is 30.3 Å². The number of hydrogen-bond acceptors (Lipinski definition) is 11. The van der Waals surface area contributed by atoms with Crippen LogP contribution in [0, 0.1) is 0 Å². The molecule has 9 atom stereocenters. The third-order valence-electron chi connectivity index (χ3n) is 4.96. The Labute approximate surface area is 173 Å². The molecule has 172 valence electrons. The zero-order valence-electron chi connectivity index (χ0n) is 16.3. The van der Waals surface area contributed by atoms with Crippen molar-refractivity contribution in [3.8, 4) is 0 Å². The molecule has 1 fully saturated rings. The molecule has 0 radical (unpaired) electrons. The quantitative estimate of drug-likeness (QED) is 0.165. The van der Waals surface area contributed by atoms with E-state index < -0.39 is 68.3 Å². The van der Waals surface area contributed by atoms with E-state index >= 15 is 0 Å². The summed E-state index contributed by atoms with van der Waals surface area (Å²) in [6, 6.07) is 9.31. The van der Waals surface area contributed by atoms with Gasteiger partial charge in [-0.25, -0.2) is 0 Å². The second-order valence-corrected chi connectivity index (χ2v) is 7.22. The van der Waals surface area contributed by atoms with Crippen molar-refractivity contribution in [1.29, 1.82) is 0 Å². The van der Waals surface area contributed by atoms with Crippen LogP contribution < -0.4 is 5.32 Å². The first kappa shape index (κ1) is 25.0. The summed E-state index contributed by atoms with van der Waals surface area (Å²) in [6.45, 7) is -1.19. The van der Waals surface area contributed by atoms with Crippen LogP contribution in [0.15, 0.2) is 30.3 Å². The highest BCUT2D eigenvalue weighted by atomic mass is 16.7. The van der Waals surface area contributed by atoms with Gasteiger partial charge in [0.25, 0.3) is 0 Å². The van der Waals surface area contributed by atoms with Gasteiger partial charge in [0.05, 0.1) is 19.3 Å². The number of aliphatic hydroxyl groups is 8. The molecule has 0 bridgehead atoms. The normalized spacial score (nSPS) is 31.1. The first-order valence-corrected chi connectivity index (χ1v) is 9.65. The monoisotopic (exact) mass is 433 g/mol. The molecule has 1 heterocycles. The molecule has 0 saturated carbocycles. The first-order valence-electron chi connectivity index (χ1n) is 9.65. The van der Waals surface area contributed by atoms with Gasteiger partial charge in [0, 0.05) is 13.1 Å². The maximum atomic E-state index is 10.4. The predicted molar refractivity (Wildman–Crippen MR) is 102 cm³/mol. The fourth-order valence-corrected chi connectivity index (χ4v) is 3.14. The van der Waals surface area contributed by atoms with E-state index in [-0.39, 0.29) is 6.54 Å². The van der Waals surface area contributed by atoms with Crippen LogP contribution in [0.4, 0.5) is 0 Å². The second kappa shape index (κ2) is 12.0. The number of hydrogen-bond donors (Lipinski definition) is 9. The molecule has 0 aromatic heterocycles. The number of benzene rings is 1. The summed E-state index contributed by atoms with van der Waals surface area (Å²) in [5.74, 6) is 0. The van der Waals surface area contributed by atoms with Gasteiger partial charge >= 0.3 is 0 Å². The lowest BCUT2D eigenvalue weighted by Gasteiger charge is -2.42. The standard InChI is InChI=1S/C19H31NO10/c21-8-12(24)18(30-19-17(28)16(27)15(26)13(9-22)29-19)14(25)11(23)7-20-6-10-4-2-1-3-5-10/h1-5,11-28H,6-9H2/t11?,12?,13-,14?,15-,16+,17-,18?,19+/m1/s1. The summed E-state index contributed by atoms with van der Waals surface area (Å²) in [7, 11) is 0. The Kier molecular flexibility index (Phi) is 10.0. The number of ether oxygens (including phenoxy) is 2. The number of aliphatic hydroxyl groups excluding tert-OH is 8. The molecule has 0 amide bonds. The fourth-order valence-electron chi connectivity index (χ4n) is 3.14. The minimum Gasteiger partial charge on any atom is -0.394 e. The average Bonchev–Trinajstić information content (AvgIpc) is 2.76. The van der Waals surface area contributed by atoms with Crippen LogP contribution in [-0.2, 0) is 16.0 Å². The third kappa shape index (κ3) is 6.39. The Morgan fingerprint density at radius 2 is 1.60 bits per heavy atom. The van der Waals surface area contributed by atoms with Gasteiger partial charge in [0.15, 0.2) is 6.29 Å². The Morgan fingerprint density at radius 1 is 0.933 bits per heavy atom. The van der Waals surface area contributed by atoms with Gasteiger partial charge in [0.1, 0.15) is 42.7 Å². The predicted octanol–water partition coefficient (Wildman–Crippen LogP) is -3.96.